The molecule has 2 aromatic heterocycles. The zero-order valence-electron chi connectivity index (χ0n) is 12.1. The first kappa shape index (κ1) is 11.9. The molecule has 21 heavy (non-hydrogen) atoms. The van der Waals surface area contributed by atoms with Gasteiger partial charge in [0, 0.05) is 6.20 Å². The fraction of sp³-hybridized carbons (Fsp3) is 0.600. The molecule has 6 nitrogen and oxygen atoms in total. The molecule has 2 aliphatic carbocycles. The van der Waals surface area contributed by atoms with Crippen LogP contribution in [0.5, 0.6) is 0 Å². The van der Waals surface area contributed by atoms with Crippen LogP contribution < -0.4 is 5.73 Å². The molecule has 0 aromatic carbocycles. The molecule has 5 atom stereocenters. The second-order valence-corrected chi connectivity index (χ2v) is 6.84. The molecule has 2 N–H and O–H groups in total. The molecule has 3 aliphatic rings. The Morgan fingerprint density at radius 2 is 2.05 bits per heavy atom. The lowest BCUT2D eigenvalue weighted by Gasteiger charge is -2.24. The molecular formula is C15H18N4O2. The molecule has 0 amide bonds. The van der Waals surface area contributed by atoms with Gasteiger partial charge in [0.15, 0.2) is 11.4 Å². The number of nitrogen functional groups attached to an aromatic ring is 1. The number of imidazole rings is 1. The van der Waals surface area contributed by atoms with E-state index in [1.165, 1.54) is 6.42 Å². The molecule has 0 radical (unpaired) electrons. The number of ether oxygens (including phenoxy) is 2. The van der Waals surface area contributed by atoms with E-state index in [2.05, 4.69) is 14.5 Å². The van der Waals surface area contributed by atoms with Gasteiger partial charge in [-0.3, -0.25) is 0 Å². The van der Waals surface area contributed by atoms with E-state index in [9.17, 15) is 0 Å². The third kappa shape index (κ3) is 1.49. The van der Waals surface area contributed by atoms with Gasteiger partial charge in [0.25, 0.3) is 0 Å². The molecule has 0 spiro atoms. The summed E-state index contributed by atoms with van der Waals surface area (Å²) in [5, 5.41) is 0. The van der Waals surface area contributed by atoms with Crippen molar-refractivity contribution in [1.29, 1.82) is 0 Å². The summed E-state index contributed by atoms with van der Waals surface area (Å²) in [6.07, 6.45) is 5.08. The van der Waals surface area contributed by atoms with Gasteiger partial charge in [-0.2, -0.15) is 0 Å². The number of aromatic nitrogens is 3. The van der Waals surface area contributed by atoms with Crippen LogP contribution in [0.1, 0.15) is 26.3 Å². The zero-order valence-corrected chi connectivity index (χ0v) is 12.1. The van der Waals surface area contributed by atoms with Crippen LogP contribution >= 0.6 is 0 Å². The van der Waals surface area contributed by atoms with Gasteiger partial charge >= 0.3 is 0 Å². The zero-order chi connectivity index (χ0) is 14.4. The predicted molar refractivity (Wildman–Crippen MR) is 76.4 cm³/mol. The highest BCUT2D eigenvalue weighted by molar-refractivity contribution is 5.83. The molecule has 0 bridgehead atoms. The van der Waals surface area contributed by atoms with Gasteiger partial charge in [-0.05, 0) is 38.2 Å². The van der Waals surface area contributed by atoms with E-state index in [1.54, 1.807) is 12.3 Å². The summed E-state index contributed by atoms with van der Waals surface area (Å²) in [5.74, 6) is 0.723. The van der Waals surface area contributed by atoms with Crippen molar-refractivity contribution in [3.8, 4) is 0 Å². The maximum atomic E-state index is 6.16. The van der Waals surface area contributed by atoms with E-state index >= 15 is 0 Å². The largest absolute Gasteiger partial charge is 0.397 e. The minimum atomic E-state index is -0.496. The van der Waals surface area contributed by atoms with Crippen LogP contribution in [0.2, 0.25) is 0 Å². The van der Waals surface area contributed by atoms with Crippen molar-refractivity contribution >= 4 is 16.9 Å². The average molecular weight is 286 g/mol. The molecule has 0 unspecified atom stereocenters. The minimum absolute atomic E-state index is 0.0874. The van der Waals surface area contributed by atoms with Crippen molar-refractivity contribution in [2.45, 2.75) is 44.3 Å². The fourth-order valence-corrected chi connectivity index (χ4v) is 4.20. The number of rotatable bonds is 1. The van der Waals surface area contributed by atoms with E-state index in [-0.39, 0.29) is 18.2 Å². The summed E-state index contributed by atoms with van der Waals surface area (Å²) in [7, 11) is 0. The van der Waals surface area contributed by atoms with Crippen molar-refractivity contribution in [2.24, 2.45) is 11.8 Å². The third-order valence-electron chi connectivity index (χ3n) is 5.07. The highest BCUT2D eigenvalue weighted by atomic mass is 16.8. The molecule has 1 saturated heterocycles. The first-order valence-corrected chi connectivity index (χ1v) is 7.48. The van der Waals surface area contributed by atoms with Crippen LogP contribution in [-0.4, -0.2) is 32.5 Å². The van der Waals surface area contributed by atoms with Gasteiger partial charge in [0.05, 0.1) is 24.2 Å². The molecule has 3 heterocycles. The van der Waals surface area contributed by atoms with Crippen molar-refractivity contribution in [3.05, 3.63) is 18.6 Å². The number of anilines is 1. The van der Waals surface area contributed by atoms with Crippen molar-refractivity contribution in [2.75, 3.05) is 5.73 Å². The quantitative estimate of drug-likeness (QED) is 0.864. The molecule has 6 heteroatoms. The lowest BCUT2D eigenvalue weighted by Crippen LogP contribution is -2.29. The van der Waals surface area contributed by atoms with Gasteiger partial charge in [-0.1, -0.05) is 0 Å². The second-order valence-electron chi connectivity index (χ2n) is 6.84. The fourth-order valence-electron chi connectivity index (χ4n) is 4.20. The smallest absolute Gasteiger partial charge is 0.163 e. The normalized spacial score (nSPS) is 39.4. The Morgan fingerprint density at radius 3 is 2.90 bits per heavy atom. The summed E-state index contributed by atoms with van der Waals surface area (Å²) >= 11 is 0. The number of hydrogen-bond acceptors (Lipinski definition) is 5. The topological polar surface area (TPSA) is 75.2 Å². The molecule has 2 saturated carbocycles. The Bertz CT molecular complexity index is 740. The van der Waals surface area contributed by atoms with E-state index < -0.39 is 5.79 Å². The number of pyridine rings is 1. The van der Waals surface area contributed by atoms with Crippen LogP contribution in [0.25, 0.3) is 11.2 Å². The second kappa shape index (κ2) is 3.56. The molecule has 1 aliphatic heterocycles. The number of hydrogen-bond donors (Lipinski definition) is 1. The van der Waals surface area contributed by atoms with E-state index in [1.807, 2.05) is 20.2 Å². The SMILES string of the molecule is CC1(C)O[C@@H]2[C@@H]3C[C@@H]3[C@@H](n3cnc4c(N)ccnc43)[C@@H]2O1. The van der Waals surface area contributed by atoms with E-state index in [4.69, 9.17) is 15.2 Å². The Kier molecular flexibility index (Phi) is 2.03. The van der Waals surface area contributed by atoms with Crippen LogP contribution in [0.3, 0.4) is 0 Å². The maximum absolute atomic E-state index is 6.16. The monoisotopic (exact) mass is 286 g/mol. The third-order valence-corrected chi connectivity index (χ3v) is 5.07. The van der Waals surface area contributed by atoms with Crippen LogP contribution in [0, 0.1) is 11.8 Å². The van der Waals surface area contributed by atoms with Crippen molar-refractivity contribution in [1.82, 2.24) is 14.5 Å². The Hall–Kier alpha value is -1.66. The number of nitrogens with zero attached hydrogens (tertiary/aromatic N) is 3. The van der Waals surface area contributed by atoms with Gasteiger partial charge in [0.1, 0.15) is 11.6 Å². The van der Waals surface area contributed by atoms with Gasteiger partial charge in [0.2, 0.25) is 0 Å². The highest BCUT2D eigenvalue weighted by Crippen LogP contribution is 2.63. The summed E-state index contributed by atoms with van der Waals surface area (Å²) in [4.78, 5) is 8.92. The highest BCUT2D eigenvalue weighted by Gasteiger charge is 2.66. The summed E-state index contributed by atoms with van der Waals surface area (Å²) in [6.45, 7) is 3.98. The molecule has 3 fully saturated rings. The Morgan fingerprint density at radius 1 is 1.24 bits per heavy atom. The molecule has 110 valence electrons. The number of nitrogens with two attached hydrogens (primary N) is 1. The van der Waals surface area contributed by atoms with Gasteiger partial charge in [-0.15, -0.1) is 0 Å². The van der Waals surface area contributed by atoms with Gasteiger partial charge in [-0.25, -0.2) is 9.97 Å². The van der Waals surface area contributed by atoms with Crippen LogP contribution in [-0.2, 0) is 9.47 Å². The first-order chi connectivity index (χ1) is 10.1. The number of fused-ring (bicyclic) bond motifs is 4. The standard InChI is InChI=1S/C15H18N4O2/c1-15(2)20-12-8-5-7(8)11(13(12)21-15)19-6-18-10-9(16)3-4-17-14(10)19/h3-4,6-8,11-13H,5H2,1-2H3,(H2,16,17)/t7-,8+,11+,12+,13-/m0/s1. The van der Waals surface area contributed by atoms with E-state index in [0.29, 0.717) is 17.5 Å². The summed E-state index contributed by atoms with van der Waals surface area (Å²) in [5.41, 5.74) is 8.28. The molecule has 5 rings (SSSR count). The lowest BCUT2D eigenvalue weighted by molar-refractivity contribution is -0.156. The van der Waals surface area contributed by atoms with Crippen LogP contribution in [0.4, 0.5) is 5.69 Å². The summed E-state index contributed by atoms with van der Waals surface area (Å²) < 4.78 is 14.4. The Balaban J connectivity index is 1.62. The molecule has 2 aromatic rings. The Labute approximate surface area is 122 Å². The minimum Gasteiger partial charge on any atom is -0.397 e. The summed E-state index contributed by atoms with van der Waals surface area (Å²) in [6, 6.07) is 2.04. The van der Waals surface area contributed by atoms with Crippen molar-refractivity contribution in [3.63, 3.8) is 0 Å². The maximum Gasteiger partial charge on any atom is 0.163 e. The molecular weight excluding hydrogens is 268 g/mol. The van der Waals surface area contributed by atoms with Crippen molar-refractivity contribution < 1.29 is 9.47 Å². The predicted octanol–water partition coefficient (Wildman–Crippen LogP) is 1.72. The van der Waals surface area contributed by atoms with Crippen LogP contribution in [0.15, 0.2) is 18.6 Å². The first-order valence-electron chi connectivity index (χ1n) is 7.48. The van der Waals surface area contributed by atoms with E-state index in [0.717, 1.165) is 11.2 Å². The van der Waals surface area contributed by atoms with Gasteiger partial charge < -0.3 is 19.8 Å². The average Bonchev–Trinajstić information content (AvgIpc) is 2.82. The lowest BCUT2D eigenvalue weighted by atomic mass is 10.1.